The highest BCUT2D eigenvalue weighted by atomic mass is 32.1. The molecule has 5 nitrogen and oxygen atoms in total. The van der Waals surface area contributed by atoms with E-state index in [1.807, 2.05) is 47.7 Å². The number of fused-ring (bicyclic) bond motifs is 1. The molecule has 0 fully saturated rings. The minimum Gasteiger partial charge on any atom is -0.390 e. The molecule has 6 heteroatoms. The number of rotatable bonds is 4. The highest BCUT2D eigenvalue weighted by Gasteiger charge is 2.15. The Morgan fingerprint density at radius 2 is 2.20 bits per heavy atom. The summed E-state index contributed by atoms with van der Waals surface area (Å²) in [5.74, 6) is 0.796. The fourth-order valence-corrected chi connectivity index (χ4v) is 2.89. The summed E-state index contributed by atoms with van der Waals surface area (Å²) in [6, 6.07) is 5.81. The molecule has 3 aromatic rings. The van der Waals surface area contributed by atoms with Crippen molar-refractivity contribution >= 4 is 22.8 Å². The van der Waals surface area contributed by atoms with Gasteiger partial charge in [0.2, 0.25) is 0 Å². The van der Waals surface area contributed by atoms with E-state index in [1.54, 1.807) is 11.3 Å². The first-order valence-corrected chi connectivity index (χ1v) is 7.26. The van der Waals surface area contributed by atoms with Crippen molar-refractivity contribution in [1.29, 1.82) is 0 Å². The van der Waals surface area contributed by atoms with Crippen LogP contribution in [0.15, 0.2) is 29.8 Å². The topological polar surface area (TPSA) is 53.7 Å². The summed E-state index contributed by atoms with van der Waals surface area (Å²) < 4.78 is 1.91. The van der Waals surface area contributed by atoms with Crippen molar-refractivity contribution in [2.75, 3.05) is 11.9 Å². The van der Waals surface area contributed by atoms with E-state index in [4.69, 9.17) is 0 Å². The molecule has 1 N–H and O–H groups in total. The van der Waals surface area contributed by atoms with Crippen LogP contribution in [0.5, 0.6) is 0 Å². The Kier molecular flexibility index (Phi) is 3.42. The van der Waals surface area contributed by atoms with Crippen LogP contribution in [0.25, 0.3) is 5.65 Å². The van der Waals surface area contributed by atoms with Crippen molar-refractivity contribution in [2.45, 2.75) is 20.1 Å². The van der Waals surface area contributed by atoms with Gasteiger partial charge in [0.1, 0.15) is 5.65 Å². The number of aliphatic hydroxyl groups is 1. The van der Waals surface area contributed by atoms with Crippen LogP contribution < -0.4 is 4.90 Å². The minimum absolute atomic E-state index is 0.0407. The molecule has 3 aromatic heterocycles. The molecule has 0 aliphatic rings. The quantitative estimate of drug-likeness (QED) is 0.800. The summed E-state index contributed by atoms with van der Waals surface area (Å²) in [7, 11) is 1.97. The maximum absolute atomic E-state index is 9.62. The third kappa shape index (κ3) is 2.28. The van der Waals surface area contributed by atoms with Crippen LogP contribution in [0.2, 0.25) is 0 Å². The number of aryl methyl sites for hydroxylation is 1. The fraction of sp³-hybridized carbons (Fsp3) is 0.286. The van der Waals surface area contributed by atoms with Gasteiger partial charge in [0, 0.05) is 18.6 Å². The van der Waals surface area contributed by atoms with Crippen LogP contribution >= 0.6 is 11.3 Å². The number of nitrogens with zero attached hydrogens (tertiary/aromatic N) is 4. The lowest BCUT2D eigenvalue weighted by Gasteiger charge is -2.16. The Bertz CT molecular complexity index is 734. The largest absolute Gasteiger partial charge is 0.390 e. The molecular weight excluding hydrogens is 272 g/mol. The van der Waals surface area contributed by atoms with Crippen LogP contribution in [0.1, 0.15) is 16.4 Å². The Labute approximate surface area is 121 Å². The van der Waals surface area contributed by atoms with Gasteiger partial charge in [-0.05, 0) is 19.1 Å². The summed E-state index contributed by atoms with van der Waals surface area (Å²) >= 11 is 1.64. The maximum Gasteiger partial charge on any atom is 0.153 e. The molecule has 0 saturated carbocycles. The number of aliphatic hydroxyl groups excluding tert-OH is 1. The summed E-state index contributed by atoms with van der Waals surface area (Å²) in [4.78, 5) is 11.1. The molecule has 0 saturated heterocycles. The summed E-state index contributed by atoms with van der Waals surface area (Å²) in [5, 5.41) is 12.7. The van der Waals surface area contributed by atoms with Crippen molar-refractivity contribution in [3.05, 3.63) is 46.2 Å². The van der Waals surface area contributed by atoms with Gasteiger partial charge in [-0.2, -0.15) is 0 Å². The Balaban J connectivity index is 1.96. The van der Waals surface area contributed by atoms with Crippen molar-refractivity contribution in [2.24, 2.45) is 0 Å². The summed E-state index contributed by atoms with van der Waals surface area (Å²) in [6.45, 7) is 2.64. The molecular formula is C14H16N4OS. The average molecular weight is 288 g/mol. The first kappa shape index (κ1) is 13.1. The lowest BCUT2D eigenvalue weighted by Crippen LogP contribution is -2.18. The van der Waals surface area contributed by atoms with Crippen molar-refractivity contribution in [3.63, 3.8) is 0 Å². The Morgan fingerprint density at radius 3 is 2.90 bits per heavy atom. The SMILES string of the molecule is Cc1nc(CN(C)c2nc3ccccn3c2CO)cs1. The number of hydrogen-bond acceptors (Lipinski definition) is 5. The zero-order valence-corrected chi connectivity index (χ0v) is 12.3. The van der Waals surface area contributed by atoms with Crippen LogP contribution in [-0.2, 0) is 13.2 Å². The zero-order valence-electron chi connectivity index (χ0n) is 11.4. The minimum atomic E-state index is -0.0407. The van der Waals surface area contributed by atoms with Crippen LogP contribution in [0, 0.1) is 6.92 Å². The third-order valence-corrected chi connectivity index (χ3v) is 4.01. The van der Waals surface area contributed by atoms with Gasteiger partial charge in [-0.15, -0.1) is 11.3 Å². The number of imidazole rings is 1. The zero-order chi connectivity index (χ0) is 14.1. The number of aromatic nitrogens is 3. The molecule has 20 heavy (non-hydrogen) atoms. The summed E-state index contributed by atoms with van der Waals surface area (Å²) in [6.07, 6.45) is 1.91. The Morgan fingerprint density at radius 1 is 1.35 bits per heavy atom. The fourth-order valence-electron chi connectivity index (χ4n) is 2.29. The lowest BCUT2D eigenvalue weighted by atomic mass is 10.3. The van der Waals surface area contributed by atoms with Crippen LogP contribution in [0.3, 0.4) is 0 Å². The molecule has 0 amide bonds. The third-order valence-electron chi connectivity index (χ3n) is 3.18. The van der Waals surface area contributed by atoms with Gasteiger partial charge in [0.15, 0.2) is 5.82 Å². The first-order chi connectivity index (χ1) is 9.69. The van der Waals surface area contributed by atoms with E-state index in [0.717, 1.165) is 27.9 Å². The van der Waals surface area contributed by atoms with E-state index >= 15 is 0 Å². The van der Waals surface area contributed by atoms with Crippen LogP contribution in [0.4, 0.5) is 5.82 Å². The van der Waals surface area contributed by atoms with Gasteiger partial charge in [0.25, 0.3) is 0 Å². The molecule has 0 bridgehead atoms. The number of hydrogen-bond donors (Lipinski definition) is 1. The van der Waals surface area contributed by atoms with Gasteiger partial charge >= 0.3 is 0 Å². The van der Waals surface area contributed by atoms with Gasteiger partial charge in [0.05, 0.1) is 29.5 Å². The number of thiazole rings is 1. The Hall–Kier alpha value is -1.92. The second kappa shape index (κ2) is 5.22. The predicted octanol–water partition coefficient (Wildman–Crippen LogP) is 2.23. The van der Waals surface area contributed by atoms with E-state index in [1.165, 1.54) is 0 Å². The second-order valence-corrected chi connectivity index (χ2v) is 5.75. The van der Waals surface area contributed by atoms with E-state index < -0.39 is 0 Å². The number of pyridine rings is 1. The first-order valence-electron chi connectivity index (χ1n) is 6.38. The molecule has 0 atom stereocenters. The normalized spacial score (nSPS) is 11.2. The van der Waals surface area contributed by atoms with Crippen LogP contribution in [-0.4, -0.2) is 26.5 Å². The highest BCUT2D eigenvalue weighted by Crippen LogP contribution is 2.22. The predicted molar refractivity (Wildman–Crippen MR) is 80.1 cm³/mol. The molecule has 3 rings (SSSR count). The molecule has 0 aliphatic carbocycles. The molecule has 0 aromatic carbocycles. The molecule has 3 heterocycles. The smallest absolute Gasteiger partial charge is 0.153 e. The van der Waals surface area contributed by atoms with Gasteiger partial charge in [-0.3, -0.25) is 4.40 Å². The molecule has 0 aliphatic heterocycles. The average Bonchev–Trinajstić information content (AvgIpc) is 3.01. The molecule has 0 spiro atoms. The second-order valence-electron chi connectivity index (χ2n) is 4.68. The summed E-state index contributed by atoms with van der Waals surface area (Å²) in [5.41, 5.74) is 2.67. The van der Waals surface area contributed by atoms with Crippen molar-refractivity contribution < 1.29 is 5.11 Å². The maximum atomic E-state index is 9.62. The molecule has 0 unspecified atom stereocenters. The van der Waals surface area contributed by atoms with E-state index in [0.29, 0.717) is 6.54 Å². The van der Waals surface area contributed by atoms with Crippen molar-refractivity contribution in [1.82, 2.24) is 14.4 Å². The highest BCUT2D eigenvalue weighted by molar-refractivity contribution is 7.09. The lowest BCUT2D eigenvalue weighted by molar-refractivity contribution is 0.276. The van der Waals surface area contributed by atoms with Gasteiger partial charge in [-0.25, -0.2) is 9.97 Å². The van der Waals surface area contributed by atoms with E-state index in [9.17, 15) is 5.11 Å². The van der Waals surface area contributed by atoms with E-state index in [2.05, 4.69) is 15.3 Å². The standard InChI is InChI=1S/C14H16N4OS/c1-10-15-11(9-20-10)7-17(2)14-12(8-19)18-6-4-3-5-13(18)16-14/h3-6,9,19H,7-8H2,1-2H3. The van der Waals surface area contributed by atoms with Gasteiger partial charge in [-0.1, -0.05) is 6.07 Å². The monoisotopic (exact) mass is 288 g/mol. The van der Waals surface area contributed by atoms with E-state index in [-0.39, 0.29) is 6.61 Å². The van der Waals surface area contributed by atoms with Gasteiger partial charge < -0.3 is 10.0 Å². The molecule has 104 valence electrons. The number of anilines is 1. The molecule has 0 radical (unpaired) electrons. The van der Waals surface area contributed by atoms with Crippen molar-refractivity contribution in [3.8, 4) is 0 Å².